The first-order valence-corrected chi connectivity index (χ1v) is 6.99. The minimum Gasteiger partial charge on any atom is -0.399 e. The third kappa shape index (κ3) is 2.57. The zero-order valence-corrected chi connectivity index (χ0v) is 12.5. The number of rotatable bonds is 2. The van der Waals surface area contributed by atoms with Gasteiger partial charge in [-0.2, -0.15) is 0 Å². The van der Waals surface area contributed by atoms with E-state index >= 15 is 0 Å². The van der Waals surface area contributed by atoms with Crippen molar-refractivity contribution < 1.29 is 4.79 Å². The maximum absolute atomic E-state index is 12.3. The first-order chi connectivity index (χ1) is 8.49. The van der Waals surface area contributed by atoms with Crippen molar-refractivity contribution in [1.82, 2.24) is 0 Å². The lowest BCUT2D eigenvalue weighted by Crippen LogP contribution is -2.25. The van der Waals surface area contributed by atoms with Crippen molar-refractivity contribution in [2.45, 2.75) is 6.92 Å². The van der Waals surface area contributed by atoms with Gasteiger partial charge in [0.15, 0.2) is 0 Å². The Balaban J connectivity index is 2.26. The van der Waals surface area contributed by atoms with Gasteiger partial charge in [0.05, 0.1) is 8.66 Å². The average Bonchev–Trinajstić information content (AvgIpc) is 2.69. The van der Waals surface area contributed by atoms with E-state index in [0.29, 0.717) is 5.69 Å². The molecule has 0 atom stereocenters. The van der Waals surface area contributed by atoms with Crippen molar-refractivity contribution in [3.8, 4) is 0 Å². The number of aryl methyl sites for hydroxylation is 1. The van der Waals surface area contributed by atoms with Gasteiger partial charge in [-0.25, -0.2) is 0 Å². The third-order valence-electron chi connectivity index (χ3n) is 2.65. The molecule has 0 saturated carbocycles. The van der Waals surface area contributed by atoms with E-state index in [1.54, 1.807) is 24.1 Å². The molecule has 0 spiro atoms. The van der Waals surface area contributed by atoms with Crippen LogP contribution in [-0.4, -0.2) is 13.0 Å². The Labute approximate surface area is 118 Å². The van der Waals surface area contributed by atoms with E-state index in [4.69, 9.17) is 5.73 Å². The van der Waals surface area contributed by atoms with Gasteiger partial charge in [-0.1, -0.05) is 0 Å². The number of nitrogen functional groups attached to an aromatic ring is 1. The first kappa shape index (κ1) is 13.1. The Morgan fingerprint density at radius 2 is 1.94 bits per heavy atom. The predicted octanol–water partition coefficient (Wildman–Crippen LogP) is 3.68. The molecule has 0 aliphatic carbocycles. The zero-order valence-electron chi connectivity index (χ0n) is 10.1. The molecule has 5 heteroatoms. The summed E-state index contributed by atoms with van der Waals surface area (Å²) in [6.45, 7) is 1.97. The Hall–Kier alpha value is -1.33. The average molecular weight is 325 g/mol. The maximum atomic E-state index is 12.3. The van der Waals surface area contributed by atoms with Crippen LogP contribution in [0.1, 0.15) is 15.2 Å². The fourth-order valence-corrected chi connectivity index (χ4v) is 3.06. The van der Waals surface area contributed by atoms with Crippen LogP contribution < -0.4 is 10.6 Å². The van der Waals surface area contributed by atoms with Crippen LogP contribution in [0.3, 0.4) is 0 Å². The van der Waals surface area contributed by atoms with E-state index in [1.807, 2.05) is 25.1 Å². The van der Waals surface area contributed by atoms with Gasteiger partial charge in [-0.05, 0) is 58.7 Å². The van der Waals surface area contributed by atoms with Gasteiger partial charge in [0.25, 0.3) is 5.91 Å². The molecular weight excluding hydrogens is 312 g/mol. The van der Waals surface area contributed by atoms with Crippen molar-refractivity contribution in [1.29, 1.82) is 0 Å². The van der Waals surface area contributed by atoms with Crippen LogP contribution in [0.2, 0.25) is 0 Å². The molecule has 1 heterocycles. The highest BCUT2D eigenvalue weighted by atomic mass is 79.9. The Bertz CT molecular complexity index is 558. The third-order valence-corrected chi connectivity index (χ3v) is 4.78. The topological polar surface area (TPSA) is 46.3 Å². The monoisotopic (exact) mass is 324 g/mol. The van der Waals surface area contributed by atoms with Crippen LogP contribution in [-0.2, 0) is 0 Å². The second kappa shape index (κ2) is 5.12. The quantitative estimate of drug-likeness (QED) is 0.856. The van der Waals surface area contributed by atoms with Gasteiger partial charge in [0.1, 0.15) is 0 Å². The van der Waals surface area contributed by atoms with E-state index in [-0.39, 0.29) is 5.91 Å². The first-order valence-electron chi connectivity index (χ1n) is 5.38. The van der Waals surface area contributed by atoms with Gasteiger partial charge < -0.3 is 10.6 Å². The smallest absolute Gasteiger partial charge is 0.268 e. The number of carbonyl (C=O) groups is 1. The fourth-order valence-electron chi connectivity index (χ4n) is 1.55. The second-order valence-electron chi connectivity index (χ2n) is 4.02. The highest BCUT2D eigenvalue weighted by Gasteiger charge is 2.16. The highest BCUT2D eigenvalue weighted by Crippen LogP contribution is 2.29. The number of halogens is 1. The molecule has 1 amide bonds. The van der Waals surface area contributed by atoms with Crippen molar-refractivity contribution in [3.05, 3.63) is 44.6 Å². The zero-order chi connectivity index (χ0) is 13.3. The number of nitrogens with two attached hydrogens (primary N) is 1. The summed E-state index contributed by atoms with van der Waals surface area (Å²) >= 11 is 4.88. The summed E-state index contributed by atoms with van der Waals surface area (Å²) in [5.74, 6) is -0.0152. The van der Waals surface area contributed by atoms with Crippen molar-refractivity contribution in [3.63, 3.8) is 0 Å². The summed E-state index contributed by atoms with van der Waals surface area (Å²) in [4.78, 5) is 14.6. The molecule has 0 bridgehead atoms. The maximum Gasteiger partial charge on any atom is 0.268 e. The van der Waals surface area contributed by atoms with Crippen LogP contribution >= 0.6 is 27.3 Å². The molecular formula is C13H13BrN2OS. The van der Waals surface area contributed by atoms with Crippen molar-refractivity contribution >= 4 is 44.5 Å². The fraction of sp³-hybridized carbons (Fsp3) is 0.154. The number of thiophene rings is 1. The second-order valence-corrected chi connectivity index (χ2v) is 6.39. The normalized spacial score (nSPS) is 10.4. The minimum atomic E-state index is -0.0152. The number of hydrogen-bond donors (Lipinski definition) is 1. The molecule has 0 aliphatic heterocycles. The summed E-state index contributed by atoms with van der Waals surface area (Å²) in [5.41, 5.74) is 8.23. The SMILES string of the molecule is Cc1cc(C(=O)N(C)c2ccc(N)cc2)sc1Br. The number of amides is 1. The molecule has 0 aliphatic rings. The number of nitrogens with zero attached hydrogens (tertiary/aromatic N) is 1. The molecule has 94 valence electrons. The van der Waals surface area contributed by atoms with Crippen LogP contribution in [0.15, 0.2) is 34.1 Å². The van der Waals surface area contributed by atoms with Gasteiger partial charge in [0, 0.05) is 18.4 Å². The summed E-state index contributed by atoms with van der Waals surface area (Å²) in [6.07, 6.45) is 0. The number of carbonyl (C=O) groups excluding carboxylic acids is 1. The molecule has 2 aromatic rings. The summed E-state index contributed by atoms with van der Waals surface area (Å²) in [5, 5.41) is 0. The summed E-state index contributed by atoms with van der Waals surface area (Å²) in [7, 11) is 1.76. The summed E-state index contributed by atoms with van der Waals surface area (Å²) < 4.78 is 0.997. The molecule has 2 N–H and O–H groups in total. The number of hydrogen-bond acceptors (Lipinski definition) is 3. The van der Waals surface area contributed by atoms with Crippen LogP contribution in [0.4, 0.5) is 11.4 Å². The standard InChI is InChI=1S/C13H13BrN2OS/c1-8-7-11(18-12(8)14)13(17)16(2)10-5-3-9(15)4-6-10/h3-7H,15H2,1-2H3. The summed E-state index contributed by atoms with van der Waals surface area (Å²) in [6, 6.07) is 9.14. The number of anilines is 2. The van der Waals surface area contributed by atoms with Crippen molar-refractivity contribution in [2.75, 3.05) is 17.7 Å². The van der Waals surface area contributed by atoms with Gasteiger partial charge in [-0.3, -0.25) is 4.79 Å². The molecule has 0 radical (unpaired) electrons. The van der Waals surface area contributed by atoms with Gasteiger partial charge >= 0.3 is 0 Å². The highest BCUT2D eigenvalue weighted by molar-refractivity contribution is 9.11. The molecule has 1 aromatic heterocycles. The van der Waals surface area contributed by atoms with E-state index in [9.17, 15) is 4.79 Å². The van der Waals surface area contributed by atoms with Crippen LogP contribution in [0.5, 0.6) is 0 Å². The lowest BCUT2D eigenvalue weighted by Gasteiger charge is -2.16. The Kier molecular flexibility index (Phi) is 3.73. The molecule has 0 unspecified atom stereocenters. The van der Waals surface area contributed by atoms with Gasteiger partial charge in [0.2, 0.25) is 0 Å². The van der Waals surface area contributed by atoms with E-state index in [1.165, 1.54) is 11.3 Å². The van der Waals surface area contributed by atoms with E-state index in [2.05, 4.69) is 15.9 Å². The Morgan fingerprint density at radius 3 is 2.44 bits per heavy atom. The molecule has 18 heavy (non-hydrogen) atoms. The van der Waals surface area contributed by atoms with E-state index < -0.39 is 0 Å². The van der Waals surface area contributed by atoms with Crippen LogP contribution in [0.25, 0.3) is 0 Å². The van der Waals surface area contributed by atoms with E-state index in [0.717, 1.165) is 19.9 Å². The lowest BCUT2D eigenvalue weighted by atomic mass is 10.2. The van der Waals surface area contributed by atoms with Gasteiger partial charge in [-0.15, -0.1) is 11.3 Å². The largest absolute Gasteiger partial charge is 0.399 e. The number of benzene rings is 1. The molecule has 0 saturated heterocycles. The van der Waals surface area contributed by atoms with Crippen molar-refractivity contribution in [2.24, 2.45) is 0 Å². The molecule has 1 aromatic carbocycles. The molecule has 3 nitrogen and oxygen atoms in total. The minimum absolute atomic E-state index is 0.0152. The molecule has 2 rings (SSSR count). The molecule has 0 fully saturated rings. The lowest BCUT2D eigenvalue weighted by molar-refractivity contribution is 0.0997. The van der Waals surface area contributed by atoms with Crippen LogP contribution in [0, 0.1) is 6.92 Å². The predicted molar refractivity (Wildman–Crippen MR) is 80.3 cm³/mol. The Morgan fingerprint density at radius 1 is 1.33 bits per heavy atom.